The second-order valence-corrected chi connectivity index (χ2v) is 6.96. The fraction of sp³-hybridized carbons (Fsp3) is 0.812. The van der Waals surface area contributed by atoms with Gasteiger partial charge in [-0.3, -0.25) is 4.79 Å². The minimum Gasteiger partial charge on any atom is -0.407 e. The number of rotatable bonds is 5. The highest BCUT2D eigenvalue weighted by molar-refractivity contribution is 5.79. The quantitative estimate of drug-likeness (QED) is 0.890. The molecule has 0 spiro atoms. The molecule has 7 nitrogen and oxygen atoms in total. The summed E-state index contributed by atoms with van der Waals surface area (Å²) in [4.78, 5) is 16.5. The third kappa shape index (κ3) is 4.22. The van der Waals surface area contributed by atoms with Crippen molar-refractivity contribution < 1.29 is 9.21 Å². The molecule has 1 aromatic heterocycles. The Morgan fingerprint density at radius 1 is 1.22 bits per heavy atom. The summed E-state index contributed by atoms with van der Waals surface area (Å²) in [6, 6.07) is 0.790. The fourth-order valence-electron chi connectivity index (χ4n) is 3.50. The van der Waals surface area contributed by atoms with Gasteiger partial charge in [0.1, 0.15) is 0 Å². The molecule has 2 fully saturated rings. The average molecular weight is 321 g/mol. The van der Waals surface area contributed by atoms with Gasteiger partial charge in [-0.25, -0.2) is 0 Å². The van der Waals surface area contributed by atoms with Gasteiger partial charge in [0.2, 0.25) is 11.8 Å². The Bertz CT molecular complexity index is 516. The molecular formula is C16H27N5O2. The first kappa shape index (κ1) is 16.2. The number of aromatic nitrogens is 2. The maximum absolute atomic E-state index is 12.4. The lowest BCUT2D eigenvalue weighted by atomic mass is 10.0. The van der Waals surface area contributed by atoms with Crippen LogP contribution in [-0.2, 0) is 11.3 Å². The highest BCUT2D eigenvalue weighted by Crippen LogP contribution is 2.28. The summed E-state index contributed by atoms with van der Waals surface area (Å²) in [6.45, 7) is 2.29. The van der Waals surface area contributed by atoms with Gasteiger partial charge in [0.05, 0.1) is 6.54 Å². The summed E-state index contributed by atoms with van der Waals surface area (Å²) < 4.78 is 5.60. The van der Waals surface area contributed by atoms with E-state index in [-0.39, 0.29) is 5.92 Å². The van der Waals surface area contributed by atoms with Gasteiger partial charge in [0, 0.05) is 25.0 Å². The van der Waals surface area contributed by atoms with Crippen LogP contribution in [0.4, 0.5) is 6.01 Å². The molecule has 0 atom stereocenters. The first-order valence-electron chi connectivity index (χ1n) is 8.64. The van der Waals surface area contributed by atoms with E-state index in [9.17, 15) is 4.79 Å². The zero-order valence-electron chi connectivity index (χ0n) is 14.1. The summed E-state index contributed by atoms with van der Waals surface area (Å²) in [7, 11) is 3.93. The molecule has 1 N–H and O–H groups in total. The number of nitrogens with one attached hydrogen (secondary N) is 1. The highest BCUT2D eigenvalue weighted by atomic mass is 16.4. The Labute approximate surface area is 137 Å². The minimum absolute atomic E-state index is 0.282. The van der Waals surface area contributed by atoms with Gasteiger partial charge in [-0.05, 0) is 39.8 Å². The summed E-state index contributed by atoms with van der Waals surface area (Å²) in [5, 5.41) is 11.4. The van der Waals surface area contributed by atoms with E-state index in [1.165, 1.54) is 12.8 Å². The molecule has 0 bridgehead atoms. The number of hydrogen-bond donors (Lipinski definition) is 1. The smallest absolute Gasteiger partial charge is 0.315 e. The second-order valence-electron chi connectivity index (χ2n) is 6.96. The monoisotopic (exact) mass is 321 g/mol. The number of carbonyl (C=O) groups is 1. The molecule has 1 aliphatic carbocycles. The molecule has 0 radical (unpaired) electrons. The van der Waals surface area contributed by atoms with Crippen molar-refractivity contribution in [3.63, 3.8) is 0 Å². The summed E-state index contributed by atoms with van der Waals surface area (Å²) in [5.41, 5.74) is 0. The Morgan fingerprint density at radius 3 is 2.57 bits per heavy atom. The van der Waals surface area contributed by atoms with E-state index in [0.717, 1.165) is 38.8 Å². The standard InChI is InChI=1S/C16H27N5O2/c1-20(2)11-14-18-19-16(23-14)17-13-7-9-21(10-8-13)15(22)12-5-3-4-6-12/h12-13H,3-11H2,1-2H3,(H,17,19). The Kier molecular flexibility index (Phi) is 5.15. The van der Waals surface area contributed by atoms with Crippen LogP contribution in [0.3, 0.4) is 0 Å². The summed E-state index contributed by atoms with van der Waals surface area (Å²) in [6.07, 6.45) is 6.44. The van der Waals surface area contributed by atoms with Crippen LogP contribution in [0.2, 0.25) is 0 Å². The Balaban J connectivity index is 1.45. The van der Waals surface area contributed by atoms with Crippen molar-refractivity contribution >= 4 is 11.9 Å². The number of piperidine rings is 1. The van der Waals surface area contributed by atoms with Crippen molar-refractivity contribution in [1.82, 2.24) is 20.0 Å². The number of amides is 1. The predicted molar refractivity (Wildman–Crippen MR) is 86.9 cm³/mol. The molecule has 3 rings (SSSR count). The van der Waals surface area contributed by atoms with Crippen LogP contribution in [0, 0.1) is 5.92 Å². The minimum atomic E-state index is 0.282. The van der Waals surface area contributed by atoms with Crippen molar-refractivity contribution in [3.05, 3.63) is 5.89 Å². The van der Waals surface area contributed by atoms with Crippen molar-refractivity contribution in [2.24, 2.45) is 5.92 Å². The molecule has 1 aromatic rings. The van der Waals surface area contributed by atoms with Crippen LogP contribution in [0.1, 0.15) is 44.4 Å². The third-order valence-corrected chi connectivity index (χ3v) is 4.76. The Morgan fingerprint density at radius 2 is 1.91 bits per heavy atom. The van der Waals surface area contributed by atoms with Crippen molar-refractivity contribution in [3.8, 4) is 0 Å². The van der Waals surface area contributed by atoms with E-state index in [2.05, 4.69) is 15.5 Å². The lowest BCUT2D eigenvalue weighted by molar-refractivity contribution is -0.136. The summed E-state index contributed by atoms with van der Waals surface area (Å²) >= 11 is 0. The molecule has 1 amide bonds. The molecule has 23 heavy (non-hydrogen) atoms. The topological polar surface area (TPSA) is 74.5 Å². The number of anilines is 1. The maximum Gasteiger partial charge on any atom is 0.315 e. The first-order chi connectivity index (χ1) is 11.1. The Hall–Kier alpha value is -1.63. The molecule has 1 saturated carbocycles. The zero-order chi connectivity index (χ0) is 16.2. The lowest BCUT2D eigenvalue weighted by Crippen LogP contribution is -2.44. The van der Waals surface area contributed by atoms with Crippen LogP contribution in [-0.4, -0.2) is 59.1 Å². The van der Waals surface area contributed by atoms with Gasteiger partial charge in [0.15, 0.2) is 0 Å². The lowest BCUT2D eigenvalue weighted by Gasteiger charge is -2.33. The van der Waals surface area contributed by atoms with Crippen LogP contribution >= 0.6 is 0 Å². The van der Waals surface area contributed by atoms with Crippen molar-refractivity contribution in [2.45, 2.75) is 51.1 Å². The maximum atomic E-state index is 12.4. The van der Waals surface area contributed by atoms with Gasteiger partial charge in [-0.1, -0.05) is 17.9 Å². The van der Waals surface area contributed by atoms with E-state index in [4.69, 9.17) is 4.42 Å². The molecule has 128 valence electrons. The van der Waals surface area contributed by atoms with Crippen molar-refractivity contribution in [2.75, 3.05) is 32.5 Å². The van der Waals surface area contributed by atoms with E-state index in [1.807, 2.05) is 23.9 Å². The fourth-order valence-corrected chi connectivity index (χ4v) is 3.50. The van der Waals surface area contributed by atoms with Crippen LogP contribution in [0.5, 0.6) is 0 Å². The van der Waals surface area contributed by atoms with Gasteiger partial charge in [-0.2, -0.15) is 0 Å². The SMILES string of the molecule is CN(C)Cc1nnc(NC2CCN(C(=O)C3CCCC3)CC2)o1. The first-order valence-corrected chi connectivity index (χ1v) is 8.64. The predicted octanol–water partition coefficient (Wildman–Crippen LogP) is 1.72. The molecule has 0 unspecified atom stereocenters. The molecule has 1 aliphatic heterocycles. The molecule has 0 aromatic carbocycles. The molecule has 7 heteroatoms. The van der Waals surface area contributed by atoms with Crippen LogP contribution in [0.15, 0.2) is 4.42 Å². The average Bonchev–Trinajstić information content (AvgIpc) is 3.19. The van der Waals surface area contributed by atoms with E-state index in [1.54, 1.807) is 0 Å². The molecule has 2 heterocycles. The van der Waals surface area contributed by atoms with Gasteiger partial charge >= 0.3 is 6.01 Å². The van der Waals surface area contributed by atoms with E-state index >= 15 is 0 Å². The summed E-state index contributed by atoms with van der Waals surface area (Å²) in [5.74, 6) is 1.27. The van der Waals surface area contributed by atoms with Gasteiger partial charge < -0.3 is 19.5 Å². The number of hydrogen-bond acceptors (Lipinski definition) is 6. The molecule has 1 saturated heterocycles. The number of carbonyl (C=O) groups excluding carboxylic acids is 1. The van der Waals surface area contributed by atoms with Crippen molar-refractivity contribution in [1.29, 1.82) is 0 Å². The highest BCUT2D eigenvalue weighted by Gasteiger charge is 2.30. The number of nitrogens with zero attached hydrogens (tertiary/aromatic N) is 4. The molecular weight excluding hydrogens is 294 g/mol. The van der Waals surface area contributed by atoms with Gasteiger partial charge in [-0.15, -0.1) is 5.10 Å². The van der Waals surface area contributed by atoms with Crippen LogP contribution < -0.4 is 5.32 Å². The molecule has 2 aliphatic rings. The largest absolute Gasteiger partial charge is 0.407 e. The van der Waals surface area contributed by atoms with E-state index < -0.39 is 0 Å². The number of likely N-dealkylation sites (tertiary alicyclic amines) is 1. The van der Waals surface area contributed by atoms with Gasteiger partial charge in [0.25, 0.3) is 0 Å². The second kappa shape index (κ2) is 7.29. The van der Waals surface area contributed by atoms with Crippen LogP contribution in [0.25, 0.3) is 0 Å². The van der Waals surface area contributed by atoms with E-state index in [0.29, 0.717) is 30.4 Å². The normalized spacial score (nSPS) is 20.4. The third-order valence-electron chi connectivity index (χ3n) is 4.76. The zero-order valence-corrected chi connectivity index (χ0v) is 14.1.